The average Bonchev–Trinajstić information content (AvgIpc) is 2.18. The lowest BCUT2D eigenvalue weighted by Gasteiger charge is -2.04. The van der Waals surface area contributed by atoms with Gasteiger partial charge in [0.2, 0.25) is 6.29 Å². The molecule has 0 aromatic heterocycles. The van der Waals surface area contributed by atoms with Gasteiger partial charge in [-0.15, -0.1) is 0 Å². The summed E-state index contributed by atoms with van der Waals surface area (Å²) in [5.74, 6) is 0.776. The molecule has 0 bridgehead atoms. The molecular formula is C13H17O. The molecule has 1 aromatic carbocycles. The van der Waals surface area contributed by atoms with Crippen LogP contribution in [0.25, 0.3) is 0 Å². The Bertz CT molecular complexity index is 272. The van der Waals surface area contributed by atoms with Crippen LogP contribution in [0.1, 0.15) is 37.8 Å². The van der Waals surface area contributed by atoms with Crippen LogP contribution < -0.4 is 0 Å². The van der Waals surface area contributed by atoms with Crippen molar-refractivity contribution >= 4 is 6.29 Å². The van der Waals surface area contributed by atoms with Crippen molar-refractivity contribution in [1.29, 1.82) is 0 Å². The zero-order chi connectivity index (χ0) is 10.4. The first kappa shape index (κ1) is 11.0. The van der Waals surface area contributed by atoms with E-state index >= 15 is 0 Å². The third kappa shape index (κ3) is 3.73. The zero-order valence-corrected chi connectivity index (χ0v) is 8.92. The predicted molar refractivity (Wildman–Crippen MR) is 59.0 cm³/mol. The molecule has 0 saturated heterocycles. The van der Waals surface area contributed by atoms with E-state index in [1.165, 1.54) is 18.4 Å². The summed E-state index contributed by atoms with van der Waals surface area (Å²) in [6.07, 6.45) is 5.48. The van der Waals surface area contributed by atoms with Crippen molar-refractivity contribution in [2.75, 3.05) is 0 Å². The molecule has 1 rings (SSSR count). The molecule has 1 aromatic rings. The highest BCUT2D eigenvalue weighted by Gasteiger charge is 1.97. The monoisotopic (exact) mass is 189 g/mol. The van der Waals surface area contributed by atoms with E-state index < -0.39 is 0 Å². The highest BCUT2D eigenvalue weighted by atomic mass is 16.1. The lowest BCUT2D eigenvalue weighted by Crippen LogP contribution is -1.91. The molecule has 1 radical (unpaired) electrons. The van der Waals surface area contributed by atoms with Crippen LogP contribution in [0.2, 0.25) is 0 Å². The molecule has 0 saturated carbocycles. The van der Waals surface area contributed by atoms with Crippen molar-refractivity contribution in [1.82, 2.24) is 0 Å². The maximum atomic E-state index is 10.3. The first-order chi connectivity index (χ1) is 6.72. The summed E-state index contributed by atoms with van der Waals surface area (Å²) in [5.41, 5.74) is 1.95. The van der Waals surface area contributed by atoms with Gasteiger partial charge in [0.1, 0.15) is 0 Å². The Morgan fingerprint density at radius 3 is 2.36 bits per heavy atom. The summed E-state index contributed by atoms with van der Waals surface area (Å²) in [4.78, 5) is 10.3. The van der Waals surface area contributed by atoms with Crippen LogP contribution in [-0.4, -0.2) is 6.29 Å². The molecule has 0 amide bonds. The van der Waals surface area contributed by atoms with Crippen molar-refractivity contribution in [3.63, 3.8) is 0 Å². The van der Waals surface area contributed by atoms with E-state index in [2.05, 4.69) is 13.8 Å². The molecular weight excluding hydrogens is 172 g/mol. The molecule has 0 atom stereocenters. The Hall–Kier alpha value is -1.11. The zero-order valence-electron chi connectivity index (χ0n) is 8.92. The maximum Gasteiger partial charge on any atom is 0.233 e. The van der Waals surface area contributed by atoms with E-state index in [1.807, 2.05) is 30.6 Å². The van der Waals surface area contributed by atoms with Gasteiger partial charge in [0.15, 0.2) is 0 Å². The fourth-order valence-corrected chi connectivity index (χ4v) is 1.45. The van der Waals surface area contributed by atoms with Crippen LogP contribution in [0, 0.1) is 5.92 Å². The van der Waals surface area contributed by atoms with E-state index in [4.69, 9.17) is 0 Å². The van der Waals surface area contributed by atoms with E-state index in [0.29, 0.717) is 5.56 Å². The van der Waals surface area contributed by atoms with Crippen LogP contribution in [0.4, 0.5) is 0 Å². The van der Waals surface area contributed by atoms with Crippen molar-refractivity contribution in [3.05, 3.63) is 35.4 Å². The standard InChI is InChI=1S/C13H17O/c1-11(2)4-3-5-12-6-8-13(10-14)9-7-12/h6-9,11H,3-5H2,1-2H3. The largest absolute Gasteiger partial charge is 0.285 e. The summed E-state index contributed by atoms with van der Waals surface area (Å²) in [5, 5.41) is 0. The average molecular weight is 189 g/mol. The number of aryl methyl sites for hydroxylation is 1. The van der Waals surface area contributed by atoms with Gasteiger partial charge in [0.25, 0.3) is 0 Å². The lowest BCUT2D eigenvalue weighted by molar-refractivity contribution is 0.556. The van der Waals surface area contributed by atoms with Gasteiger partial charge in [-0.05, 0) is 24.3 Å². The van der Waals surface area contributed by atoms with Crippen molar-refractivity contribution in [3.8, 4) is 0 Å². The lowest BCUT2D eigenvalue weighted by atomic mass is 10.0. The van der Waals surface area contributed by atoms with Crippen LogP contribution in [0.15, 0.2) is 24.3 Å². The molecule has 0 aliphatic carbocycles. The van der Waals surface area contributed by atoms with Crippen molar-refractivity contribution < 1.29 is 4.79 Å². The number of benzene rings is 1. The second kappa shape index (κ2) is 5.58. The minimum absolute atomic E-state index is 0.637. The molecule has 1 nitrogen and oxygen atoms in total. The van der Waals surface area contributed by atoms with Crippen LogP contribution >= 0.6 is 0 Å². The molecule has 14 heavy (non-hydrogen) atoms. The van der Waals surface area contributed by atoms with Crippen LogP contribution in [0.5, 0.6) is 0 Å². The molecule has 75 valence electrons. The minimum Gasteiger partial charge on any atom is -0.285 e. The molecule has 0 unspecified atom stereocenters. The maximum absolute atomic E-state index is 10.3. The van der Waals surface area contributed by atoms with Crippen molar-refractivity contribution in [2.24, 2.45) is 5.92 Å². The minimum atomic E-state index is 0.637. The highest BCUT2D eigenvalue weighted by Crippen LogP contribution is 2.10. The van der Waals surface area contributed by atoms with Crippen molar-refractivity contribution in [2.45, 2.75) is 33.1 Å². The second-order valence-corrected chi connectivity index (χ2v) is 4.09. The van der Waals surface area contributed by atoms with Gasteiger partial charge in [-0.25, -0.2) is 0 Å². The number of rotatable bonds is 5. The van der Waals surface area contributed by atoms with Crippen LogP contribution in [-0.2, 0) is 11.2 Å². The predicted octanol–water partition coefficient (Wildman–Crippen LogP) is 3.12. The Balaban J connectivity index is 2.40. The normalized spacial score (nSPS) is 10.5. The fraction of sp³-hybridized carbons (Fsp3) is 0.462. The second-order valence-electron chi connectivity index (χ2n) is 4.09. The first-order valence-electron chi connectivity index (χ1n) is 5.19. The van der Waals surface area contributed by atoms with Gasteiger partial charge in [-0.2, -0.15) is 0 Å². The van der Waals surface area contributed by atoms with Gasteiger partial charge in [-0.1, -0.05) is 44.5 Å². The van der Waals surface area contributed by atoms with Gasteiger partial charge in [-0.3, -0.25) is 4.79 Å². The Morgan fingerprint density at radius 1 is 1.21 bits per heavy atom. The Kier molecular flexibility index (Phi) is 4.37. The SMILES string of the molecule is CC(C)CCCc1ccc([C]=O)cc1. The van der Waals surface area contributed by atoms with Crippen LogP contribution in [0.3, 0.4) is 0 Å². The summed E-state index contributed by atoms with van der Waals surface area (Å²) < 4.78 is 0. The molecule has 0 fully saturated rings. The van der Waals surface area contributed by atoms with Gasteiger partial charge in [0, 0.05) is 5.56 Å². The topological polar surface area (TPSA) is 17.1 Å². The Morgan fingerprint density at radius 2 is 1.86 bits per heavy atom. The number of hydrogen-bond donors (Lipinski definition) is 0. The molecule has 0 N–H and O–H groups in total. The summed E-state index contributed by atoms with van der Waals surface area (Å²) >= 11 is 0. The van der Waals surface area contributed by atoms with E-state index in [-0.39, 0.29) is 0 Å². The molecule has 0 heterocycles. The quantitative estimate of drug-likeness (QED) is 0.695. The number of carbonyl (C=O) groups excluding carboxylic acids is 1. The first-order valence-corrected chi connectivity index (χ1v) is 5.19. The highest BCUT2D eigenvalue weighted by molar-refractivity contribution is 5.75. The summed E-state index contributed by atoms with van der Waals surface area (Å²) in [7, 11) is 0. The molecule has 0 aliphatic heterocycles. The van der Waals surface area contributed by atoms with E-state index in [9.17, 15) is 4.79 Å². The van der Waals surface area contributed by atoms with Gasteiger partial charge >= 0.3 is 0 Å². The summed E-state index contributed by atoms with van der Waals surface area (Å²) in [6.45, 7) is 4.48. The third-order valence-corrected chi connectivity index (χ3v) is 2.32. The Labute approximate surface area is 86.1 Å². The van der Waals surface area contributed by atoms with E-state index in [0.717, 1.165) is 12.3 Å². The molecule has 0 spiro atoms. The smallest absolute Gasteiger partial charge is 0.233 e. The molecule has 1 heteroatoms. The van der Waals surface area contributed by atoms with Gasteiger partial charge < -0.3 is 0 Å². The van der Waals surface area contributed by atoms with Gasteiger partial charge in [0.05, 0.1) is 0 Å². The number of hydrogen-bond acceptors (Lipinski definition) is 1. The summed E-state index contributed by atoms with van der Waals surface area (Å²) in [6, 6.07) is 7.69. The van der Waals surface area contributed by atoms with E-state index in [1.54, 1.807) is 0 Å². The third-order valence-electron chi connectivity index (χ3n) is 2.32. The molecule has 0 aliphatic rings. The fourth-order valence-electron chi connectivity index (χ4n) is 1.45.